The quantitative estimate of drug-likeness (QED) is 0.208. The normalized spacial score (nSPS) is 11.7. The molecule has 0 aliphatic rings. The first-order valence-corrected chi connectivity index (χ1v) is 7.15. The number of rotatable bonds is 11. The maximum absolute atomic E-state index is 5.30. The monoisotopic (exact) mass is 249 g/mol. The Hall–Kier alpha value is -0.283. The lowest BCUT2D eigenvalue weighted by molar-refractivity contribution is 0.123. The third kappa shape index (κ3) is 6.33. The zero-order chi connectivity index (χ0) is 12.3. The van der Waals surface area contributed by atoms with Crippen molar-refractivity contribution in [1.29, 1.82) is 0 Å². The predicted molar refractivity (Wildman–Crippen MR) is 65.5 cm³/mol. The summed E-state index contributed by atoms with van der Waals surface area (Å²) in [6.45, 7) is 5.09. The fourth-order valence-electron chi connectivity index (χ4n) is 1.20. The van der Waals surface area contributed by atoms with Crippen LogP contribution in [-0.2, 0) is 13.3 Å². The molecule has 6 nitrogen and oxygen atoms in total. The van der Waals surface area contributed by atoms with Crippen molar-refractivity contribution in [1.82, 2.24) is 16.4 Å². The summed E-state index contributed by atoms with van der Waals surface area (Å²) in [5, 5.41) is 0. The van der Waals surface area contributed by atoms with Crippen molar-refractivity contribution in [2.45, 2.75) is 12.5 Å². The summed E-state index contributed by atoms with van der Waals surface area (Å²) in [7, 11) is 2.47. The van der Waals surface area contributed by atoms with Crippen LogP contribution in [0.2, 0.25) is 6.04 Å². The van der Waals surface area contributed by atoms with Crippen LogP contribution in [-0.4, -0.2) is 43.2 Å². The second-order valence-electron chi connectivity index (χ2n) is 3.12. The van der Waals surface area contributed by atoms with E-state index in [1.165, 1.54) is 0 Å². The van der Waals surface area contributed by atoms with Crippen molar-refractivity contribution in [3.05, 3.63) is 12.7 Å². The van der Waals surface area contributed by atoms with Crippen molar-refractivity contribution in [2.24, 2.45) is 0 Å². The minimum absolute atomic E-state index is 0.708. The van der Waals surface area contributed by atoms with Crippen LogP contribution >= 0.6 is 0 Å². The van der Waals surface area contributed by atoms with Crippen LogP contribution < -0.4 is 16.4 Å². The van der Waals surface area contributed by atoms with Crippen molar-refractivity contribution >= 4 is 8.80 Å². The Bertz CT molecular complexity index is 171. The van der Waals surface area contributed by atoms with E-state index < -0.39 is 8.80 Å². The molecule has 0 amide bonds. The molecular formula is C9H23N3O3Si. The maximum Gasteiger partial charge on any atom is 0.500 e. The molecule has 0 heterocycles. The predicted octanol–water partition coefficient (Wildman–Crippen LogP) is 0.0394. The van der Waals surface area contributed by atoms with Gasteiger partial charge in [-0.3, -0.25) is 0 Å². The fourth-order valence-corrected chi connectivity index (χ4v) is 2.92. The topological polar surface area (TPSA) is 63.8 Å². The number of nitrogens with one attached hydrogen (secondary N) is 3. The molecule has 0 bridgehead atoms. The summed E-state index contributed by atoms with van der Waals surface area (Å²) < 4.78 is 15.9. The Morgan fingerprint density at radius 1 is 1.12 bits per heavy atom. The molecule has 0 rings (SSSR count). The van der Waals surface area contributed by atoms with Gasteiger partial charge in [0.2, 0.25) is 0 Å². The molecule has 0 aliphatic carbocycles. The van der Waals surface area contributed by atoms with Crippen LogP contribution in [0, 0.1) is 0 Å². The second kappa shape index (κ2) is 9.91. The molecule has 0 spiro atoms. The first-order chi connectivity index (χ1) is 7.74. The molecular weight excluding hydrogens is 226 g/mol. The SMILES string of the molecule is C=CCNNNCCC[Si](OC)(OC)OC. The van der Waals surface area contributed by atoms with Gasteiger partial charge in [0, 0.05) is 40.5 Å². The van der Waals surface area contributed by atoms with Gasteiger partial charge in [0.25, 0.3) is 0 Å². The highest BCUT2D eigenvalue weighted by atomic mass is 28.4. The lowest BCUT2D eigenvalue weighted by Crippen LogP contribution is -2.46. The van der Waals surface area contributed by atoms with Gasteiger partial charge in [0.15, 0.2) is 0 Å². The van der Waals surface area contributed by atoms with Crippen LogP contribution in [0.4, 0.5) is 0 Å². The van der Waals surface area contributed by atoms with Gasteiger partial charge in [-0.15, -0.1) is 6.58 Å². The van der Waals surface area contributed by atoms with E-state index in [-0.39, 0.29) is 0 Å². The average Bonchev–Trinajstić information content (AvgIpc) is 2.34. The minimum Gasteiger partial charge on any atom is -0.377 e. The van der Waals surface area contributed by atoms with E-state index in [4.69, 9.17) is 13.3 Å². The molecule has 96 valence electrons. The molecule has 0 saturated heterocycles. The smallest absolute Gasteiger partial charge is 0.377 e. The third-order valence-corrected chi connectivity index (χ3v) is 4.97. The summed E-state index contributed by atoms with van der Waals surface area (Å²) in [6, 6.07) is 0.784. The van der Waals surface area contributed by atoms with Gasteiger partial charge >= 0.3 is 8.80 Å². The molecule has 0 aliphatic heterocycles. The Morgan fingerprint density at radius 2 is 1.75 bits per heavy atom. The largest absolute Gasteiger partial charge is 0.500 e. The van der Waals surface area contributed by atoms with Crippen LogP contribution in [0.25, 0.3) is 0 Å². The van der Waals surface area contributed by atoms with Crippen LogP contribution in [0.3, 0.4) is 0 Å². The van der Waals surface area contributed by atoms with Gasteiger partial charge in [0.05, 0.1) is 0 Å². The molecule has 0 radical (unpaired) electrons. The van der Waals surface area contributed by atoms with E-state index in [1.54, 1.807) is 27.4 Å². The van der Waals surface area contributed by atoms with Crippen molar-refractivity contribution in [2.75, 3.05) is 34.4 Å². The summed E-state index contributed by atoms with van der Waals surface area (Å²) in [5.74, 6) is 0. The number of hydrazine groups is 2. The average molecular weight is 249 g/mol. The highest BCUT2D eigenvalue weighted by molar-refractivity contribution is 6.60. The van der Waals surface area contributed by atoms with Gasteiger partial charge in [-0.1, -0.05) is 6.08 Å². The van der Waals surface area contributed by atoms with E-state index in [0.717, 1.165) is 19.0 Å². The first-order valence-electron chi connectivity index (χ1n) is 5.21. The Labute approximate surface area is 98.7 Å². The highest BCUT2D eigenvalue weighted by Crippen LogP contribution is 2.13. The lowest BCUT2D eigenvalue weighted by Gasteiger charge is -2.24. The summed E-state index contributed by atoms with van der Waals surface area (Å²) in [5.41, 5.74) is 8.77. The second-order valence-corrected chi connectivity index (χ2v) is 6.21. The molecule has 0 unspecified atom stereocenters. The van der Waals surface area contributed by atoms with E-state index in [0.29, 0.717) is 6.54 Å². The van der Waals surface area contributed by atoms with Crippen LogP contribution in [0.5, 0.6) is 0 Å². The van der Waals surface area contributed by atoms with Gasteiger partial charge in [-0.2, -0.15) is 5.53 Å². The molecule has 3 N–H and O–H groups in total. The molecule has 0 aromatic rings. The lowest BCUT2D eigenvalue weighted by atomic mass is 10.5. The zero-order valence-electron chi connectivity index (χ0n) is 10.3. The molecule has 7 heteroatoms. The molecule has 0 aromatic carbocycles. The standard InChI is InChI=1S/C9H23N3O3Si/c1-5-7-10-12-11-8-6-9-16(13-2,14-3)15-4/h5,10-12H,1,6-9H2,2-4H3. The molecule has 0 aromatic heterocycles. The van der Waals surface area contributed by atoms with Crippen molar-refractivity contribution in [3.8, 4) is 0 Å². The highest BCUT2D eigenvalue weighted by Gasteiger charge is 2.36. The molecule has 16 heavy (non-hydrogen) atoms. The molecule has 0 fully saturated rings. The Morgan fingerprint density at radius 3 is 2.25 bits per heavy atom. The van der Waals surface area contributed by atoms with Gasteiger partial charge in [-0.25, -0.2) is 10.9 Å². The van der Waals surface area contributed by atoms with E-state index in [2.05, 4.69) is 23.0 Å². The van der Waals surface area contributed by atoms with Crippen molar-refractivity contribution in [3.63, 3.8) is 0 Å². The van der Waals surface area contributed by atoms with Crippen LogP contribution in [0.15, 0.2) is 12.7 Å². The molecule has 0 saturated carbocycles. The summed E-state index contributed by atoms with van der Waals surface area (Å²) >= 11 is 0. The van der Waals surface area contributed by atoms with Gasteiger partial charge in [0.1, 0.15) is 0 Å². The van der Waals surface area contributed by atoms with E-state index >= 15 is 0 Å². The van der Waals surface area contributed by atoms with E-state index in [9.17, 15) is 0 Å². The van der Waals surface area contributed by atoms with Crippen LogP contribution in [0.1, 0.15) is 6.42 Å². The molecule has 0 atom stereocenters. The minimum atomic E-state index is -2.40. The van der Waals surface area contributed by atoms with Crippen molar-refractivity contribution < 1.29 is 13.3 Å². The summed E-state index contributed by atoms with van der Waals surface area (Å²) in [4.78, 5) is 0. The number of hydrogen-bond donors (Lipinski definition) is 3. The van der Waals surface area contributed by atoms with Gasteiger partial charge < -0.3 is 13.3 Å². The summed E-state index contributed by atoms with van der Waals surface area (Å²) in [6.07, 6.45) is 2.68. The number of hydrogen-bond acceptors (Lipinski definition) is 6. The zero-order valence-corrected chi connectivity index (χ0v) is 11.3. The third-order valence-electron chi connectivity index (χ3n) is 2.14. The first kappa shape index (κ1) is 15.7. The van der Waals surface area contributed by atoms with Gasteiger partial charge in [-0.05, 0) is 6.42 Å². The Balaban J connectivity index is 3.51. The fraction of sp³-hybridized carbons (Fsp3) is 0.778. The Kier molecular flexibility index (Phi) is 9.73. The van der Waals surface area contributed by atoms with E-state index in [1.807, 2.05) is 0 Å². The maximum atomic E-state index is 5.30.